The number of Topliss-reactive ketones (excluding diaryl/α,β-unsaturated/α-hetero) is 1. The number of nitrogens with zero attached hydrogens (tertiary/aromatic N) is 2. The molecule has 5 rings (SSSR count). The van der Waals surface area contributed by atoms with E-state index < -0.39 is 44.4 Å². The van der Waals surface area contributed by atoms with Crippen molar-refractivity contribution < 1.29 is 98.6 Å². The third-order valence-corrected chi connectivity index (χ3v) is 11.1. The van der Waals surface area contributed by atoms with Gasteiger partial charge in [-0.15, -0.1) is 0 Å². The first-order chi connectivity index (χ1) is 23.9. The molecule has 272 valence electrons. The van der Waals surface area contributed by atoms with Gasteiger partial charge in [-0.3, -0.25) is 14.4 Å². The molecule has 0 saturated heterocycles. The number of aryl methyl sites for hydroxylation is 1. The number of carbonyl (C=O) groups is 3. The summed E-state index contributed by atoms with van der Waals surface area (Å²) < 4.78 is 37.7. The Morgan fingerprint density at radius 1 is 0.865 bits per heavy atom. The number of unbranched alkanes of at least 4 members (excludes halogenated alkanes) is 4. The number of benzene rings is 2. The minimum Gasteiger partial charge on any atom is -0.871 e. The number of aliphatic carboxylic acids is 2. The molecule has 0 bridgehead atoms. The zero-order chi connectivity index (χ0) is 37.5. The Kier molecular flexibility index (Phi) is 13.0. The summed E-state index contributed by atoms with van der Waals surface area (Å²) in [5, 5.41) is 31.9. The van der Waals surface area contributed by atoms with E-state index in [2.05, 4.69) is 24.8 Å². The predicted octanol–water partition coefficient (Wildman–Crippen LogP) is 2.37. The van der Waals surface area contributed by atoms with Crippen molar-refractivity contribution in [2.24, 2.45) is 0 Å². The number of hydrogen-bond donors (Lipinski definition) is 2. The summed E-state index contributed by atoms with van der Waals surface area (Å²) in [6, 6.07) is 10.4. The van der Waals surface area contributed by atoms with Crippen LogP contribution in [0.15, 0.2) is 76.0 Å². The summed E-state index contributed by atoms with van der Waals surface area (Å²) in [6.45, 7) is 10.8. The van der Waals surface area contributed by atoms with Gasteiger partial charge in [0.15, 0.2) is 11.5 Å². The van der Waals surface area contributed by atoms with Gasteiger partial charge in [0.05, 0.1) is 10.3 Å². The molecule has 0 unspecified atom stereocenters. The second-order valence-electron chi connectivity index (χ2n) is 14.7. The maximum atomic E-state index is 13.8. The Hall–Kier alpha value is -2.91. The first-order valence-corrected chi connectivity index (χ1v) is 18.7. The number of anilines is 1. The van der Waals surface area contributed by atoms with Gasteiger partial charge in [0.25, 0.3) is 0 Å². The van der Waals surface area contributed by atoms with Crippen molar-refractivity contribution in [1.82, 2.24) is 0 Å². The molecule has 2 heterocycles. The summed E-state index contributed by atoms with van der Waals surface area (Å²) >= 11 is 0. The number of carbonyl (C=O) groups excluding carboxylic acids is 1. The molecule has 0 aromatic heterocycles. The summed E-state index contributed by atoms with van der Waals surface area (Å²) in [6.07, 6.45) is 7.10. The summed E-state index contributed by atoms with van der Waals surface area (Å²) in [5.41, 5.74) is 4.48. The average Bonchev–Trinajstić information content (AvgIpc) is 3.38. The number of carboxylic acids is 2. The number of rotatable bonds is 15. The third-order valence-electron chi connectivity index (χ3n) is 10.3. The van der Waals surface area contributed by atoms with Crippen molar-refractivity contribution in [1.29, 1.82) is 0 Å². The Morgan fingerprint density at radius 3 is 2.10 bits per heavy atom. The maximum Gasteiger partial charge on any atom is 1.00 e. The van der Waals surface area contributed by atoms with Gasteiger partial charge >= 0.3 is 63.3 Å². The molecule has 1 aliphatic carbocycles. The number of ketones is 1. The van der Waals surface area contributed by atoms with Crippen LogP contribution in [0.5, 0.6) is 0 Å². The zero-order valence-corrected chi connectivity index (χ0v) is 34.7. The summed E-state index contributed by atoms with van der Waals surface area (Å²) in [4.78, 5) is 37.6. The van der Waals surface area contributed by atoms with Crippen LogP contribution in [0.25, 0.3) is 0 Å². The van der Waals surface area contributed by atoms with Crippen LogP contribution >= 0.6 is 0 Å². The van der Waals surface area contributed by atoms with E-state index in [-0.39, 0.29) is 80.3 Å². The number of fused-ring (bicyclic) bond motifs is 2. The number of allylic oxidation sites excluding steroid dienone is 5. The molecule has 13 heteroatoms. The molecule has 0 saturated carbocycles. The Morgan fingerprint density at radius 2 is 1.50 bits per heavy atom. The third kappa shape index (κ3) is 8.40. The molecule has 0 fully saturated rings. The van der Waals surface area contributed by atoms with Gasteiger partial charge in [0.1, 0.15) is 16.7 Å². The van der Waals surface area contributed by atoms with E-state index in [0.717, 1.165) is 28.9 Å². The fourth-order valence-corrected chi connectivity index (χ4v) is 7.91. The van der Waals surface area contributed by atoms with E-state index in [1.54, 1.807) is 18.2 Å². The van der Waals surface area contributed by atoms with Crippen LogP contribution in [0.2, 0.25) is 0 Å². The van der Waals surface area contributed by atoms with Crippen molar-refractivity contribution in [3.05, 3.63) is 87.8 Å². The molecule has 52 heavy (non-hydrogen) atoms. The smallest absolute Gasteiger partial charge is 0.871 e. The molecule has 0 radical (unpaired) electrons. The normalized spacial score (nSPS) is 18.8. The first kappa shape index (κ1) is 41.8. The van der Waals surface area contributed by atoms with Crippen molar-refractivity contribution in [2.75, 3.05) is 18.0 Å². The van der Waals surface area contributed by atoms with Crippen molar-refractivity contribution in [2.45, 2.75) is 102 Å². The summed E-state index contributed by atoms with van der Waals surface area (Å²) in [5.74, 6) is -2.52. The van der Waals surface area contributed by atoms with Crippen molar-refractivity contribution >= 4 is 44.9 Å². The minimum absolute atomic E-state index is 0. The maximum absolute atomic E-state index is 13.8. The molecule has 2 aromatic carbocycles. The van der Waals surface area contributed by atoms with E-state index in [1.165, 1.54) is 12.1 Å². The fraction of sp³-hybridized carbons (Fsp3) is 0.436. The molecule has 0 spiro atoms. The topological polar surface area (TPSA) is 178 Å². The molecule has 11 nitrogen and oxygen atoms in total. The van der Waals surface area contributed by atoms with Gasteiger partial charge < -0.3 is 24.8 Å². The first-order valence-electron chi connectivity index (χ1n) is 17.3. The van der Waals surface area contributed by atoms with Crippen LogP contribution in [-0.2, 0) is 35.3 Å². The molecule has 3 aliphatic rings. The number of hydrogen-bond acceptors (Lipinski definition) is 8. The molecular formula is C39H45KN2O9S. The van der Waals surface area contributed by atoms with Gasteiger partial charge in [0, 0.05) is 71.5 Å². The van der Waals surface area contributed by atoms with Gasteiger partial charge in [0.2, 0.25) is 5.69 Å². The Bertz CT molecular complexity index is 2040. The van der Waals surface area contributed by atoms with Gasteiger partial charge in [-0.2, -0.15) is 4.58 Å². The van der Waals surface area contributed by atoms with E-state index in [4.69, 9.17) is 10.2 Å². The van der Waals surface area contributed by atoms with E-state index >= 15 is 0 Å². The predicted molar refractivity (Wildman–Crippen MR) is 189 cm³/mol. The SMILES string of the molecule is Cc1ccc2c(c1)C(C)(C)C(=CC1=C([O-])C(=CC3=[N+](CCCCCC(=O)O)c4ccc(S(=O)(=O)[O-])cc4C3(C)C)C1=O)N2CCCCCC(=O)O.[K+]. The van der Waals surface area contributed by atoms with Gasteiger partial charge in [-0.1, -0.05) is 43.7 Å². The quantitative estimate of drug-likeness (QED) is 0.0902. The van der Waals surface area contributed by atoms with Gasteiger partial charge in [-0.05, 0) is 76.3 Å². The molecule has 2 N–H and O–H groups in total. The average molecular weight is 757 g/mol. The second-order valence-corrected chi connectivity index (χ2v) is 16.0. The number of carboxylic acid groups (broad SMARTS) is 2. The zero-order valence-electron chi connectivity index (χ0n) is 30.7. The van der Waals surface area contributed by atoms with Gasteiger partial charge in [-0.25, -0.2) is 8.42 Å². The van der Waals surface area contributed by atoms with Crippen molar-refractivity contribution in [3.8, 4) is 0 Å². The van der Waals surface area contributed by atoms with E-state index in [1.807, 2.05) is 37.5 Å². The Balaban J connectivity index is 0.00000605. The minimum atomic E-state index is -4.74. The summed E-state index contributed by atoms with van der Waals surface area (Å²) in [7, 11) is -4.74. The van der Waals surface area contributed by atoms with Crippen LogP contribution in [0.1, 0.15) is 95.8 Å². The van der Waals surface area contributed by atoms with Crippen LogP contribution in [0.4, 0.5) is 11.4 Å². The molecule has 2 aromatic rings. The fourth-order valence-electron chi connectivity index (χ4n) is 7.42. The van der Waals surface area contributed by atoms with Crippen LogP contribution in [0, 0.1) is 6.92 Å². The van der Waals surface area contributed by atoms with Crippen LogP contribution in [0.3, 0.4) is 0 Å². The molecule has 0 amide bonds. The van der Waals surface area contributed by atoms with Crippen LogP contribution < -0.4 is 61.4 Å². The molecular weight excluding hydrogens is 712 g/mol. The second kappa shape index (κ2) is 16.2. The standard InChI is InChI=1S/C39H46N2O9S.K/c1-24-14-16-30-28(20-24)38(2,3)32(40(30)18-10-6-8-12-34(42)43)22-26-36(46)27(37(26)47)23-33-39(4,5)29-21-25(51(48,49)50)15-17-31(29)41(33)19-11-7-9-13-35(44)45;/h14-17,20-23H,6-13,18-19H2,1-5H3,(H3-,42,43,44,45,46,47,48,49,50);/q;+1/p-1. The molecule has 2 aliphatic heterocycles. The van der Waals surface area contributed by atoms with Crippen LogP contribution in [-0.4, -0.2) is 64.3 Å². The Labute approximate surface area is 348 Å². The largest absolute Gasteiger partial charge is 1.00 e. The van der Waals surface area contributed by atoms with Crippen molar-refractivity contribution in [3.63, 3.8) is 0 Å². The monoisotopic (exact) mass is 756 g/mol. The molecule has 0 atom stereocenters. The van der Waals surface area contributed by atoms with E-state index in [9.17, 15) is 32.5 Å². The van der Waals surface area contributed by atoms with E-state index in [0.29, 0.717) is 62.2 Å².